The fourth-order valence-corrected chi connectivity index (χ4v) is 2.49. The van der Waals surface area contributed by atoms with E-state index in [-0.39, 0.29) is 24.1 Å². The van der Waals surface area contributed by atoms with E-state index in [2.05, 4.69) is 5.32 Å². The molecule has 2 atom stereocenters. The molecule has 1 fully saturated rings. The van der Waals surface area contributed by atoms with Crippen LogP contribution in [0.5, 0.6) is 0 Å². The summed E-state index contributed by atoms with van der Waals surface area (Å²) < 4.78 is 0. The van der Waals surface area contributed by atoms with Gasteiger partial charge in [0, 0.05) is 6.42 Å². The standard InChI is InChI=1S/C14H14N2O3/c17-10-7-12-13(18)15-11(14(19)16(12)8-10)6-9-4-2-1-3-5-9/h1-5,7,10-11,17H,6,8H2,(H,15,18)/t10-,11+/m1/s1. The van der Waals surface area contributed by atoms with E-state index in [0.29, 0.717) is 6.42 Å². The number of rotatable bonds is 2. The predicted molar refractivity (Wildman–Crippen MR) is 67.9 cm³/mol. The summed E-state index contributed by atoms with van der Waals surface area (Å²) in [6, 6.07) is 8.98. The summed E-state index contributed by atoms with van der Waals surface area (Å²) in [6.07, 6.45) is 1.14. The van der Waals surface area contributed by atoms with Crippen molar-refractivity contribution in [2.75, 3.05) is 6.54 Å². The Morgan fingerprint density at radius 1 is 1.26 bits per heavy atom. The molecule has 2 aliphatic heterocycles. The van der Waals surface area contributed by atoms with Gasteiger partial charge in [-0.3, -0.25) is 9.59 Å². The van der Waals surface area contributed by atoms with E-state index in [0.717, 1.165) is 5.56 Å². The van der Waals surface area contributed by atoms with Crippen molar-refractivity contribution in [1.29, 1.82) is 0 Å². The molecule has 5 heteroatoms. The van der Waals surface area contributed by atoms with Gasteiger partial charge in [-0.15, -0.1) is 0 Å². The minimum atomic E-state index is -0.750. The highest BCUT2D eigenvalue weighted by atomic mass is 16.3. The Bertz CT molecular complexity index is 553. The van der Waals surface area contributed by atoms with Crippen LogP contribution in [0.1, 0.15) is 5.56 Å². The molecular formula is C14H14N2O3. The van der Waals surface area contributed by atoms with Gasteiger partial charge in [-0.25, -0.2) is 0 Å². The number of benzene rings is 1. The van der Waals surface area contributed by atoms with E-state index in [9.17, 15) is 14.7 Å². The summed E-state index contributed by atoms with van der Waals surface area (Å²) in [5.41, 5.74) is 1.26. The van der Waals surface area contributed by atoms with Gasteiger partial charge in [0.1, 0.15) is 11.7 Å². The van der Waals surface area contributed by atoms with E-state index >= 15 is 0 Å². The first-order valence-corrected chi connectivity index (χ1v) is 6.21. The molecule has 2 N–H and O–H groups in total. The van der Waals surface area contributed by atoms with Gasteiger partial charge >= 0.3 is 0 Å². The molecule has 0 aliphatic carbocycles. The van der Waals surface area contributed by atoms with Gasteiger partial charge in [-0.05, 0) is 11.6 Å². The summed E-state index contributed by atoms with van der Waals surface area (Å²) in [7, 11) is 0. The number of piperazine rings is 1. The number of nitrogens with zero attached hydrogens (tertiary/aromatic N) is 1. The highest BCUT2D eigenvalue weighted by Crippen LogP contribution is 2.22. The van der Waals surface area contributed by atoms with Crippen molar-refractivity contribution in [1.82, 2.24) is 10.2 Å². The first-order valence-electron chi connectivity index (χ1n) is 6.21. The summed E-state index contributed by atoms with van der Waals surface area (Å²) in [4.78, 5) is 25.5. The molecule has 1 aromatic carbocycles. The van der Waals surface area contributed by atoms with Gasteiger partial charge in [0.25, 0.3) is 5.91 Å². The third-order valence-electron chi connectivity index (χ3n) is 3.40. The molecule has 1 saturated heterocycles. The fourth-order valence-electron chi connectivity index (χ4n) is 2.49. The molecule has 2 aliphatic rings. The number of amides is 2. The van der Waals surface area contributed by atoms with Crippen molar-refractivity contribution in [2.45, 2.75) is 18.6 Å². The maximum atomic E-state index is 12.3. The predicted octanol–water partition coefficient (Wildman–Crippen LogP) is -0.186. The second-order valence-corrected chi connectivity index (χ2v) is 4.78. The lowest BCUT2D eigenvalue weighted by Crippen LogP contribution is -2.56. The molecule has 19 heavy (non-hydrogen) atoms. The van der Waals surface area contributed by atoms with Crippen molar-refractivity contribution in [3.05, 3.63) is 47.7 Å². The Balaban J connectivity index is 1.80. The first kappa shape index (κ1) is 11.9. The van der Waals surface area contributed by atoms with Crippen molar-refractivity contribution >= 4 is 11.8 Å². The molecule has 2 amide bonds. The molecular weight excluding hydrogens is 244 g/mol. The third-order valence-corrected chi connectivity index (χ3v) is 3.40. The number of fused-ring (bicyclic) bond motifs is 1. The van der Waals surface area contributed by atoms with E-state index < -0.39 is 12.1 Å². The molecule has 0 radical (unpaired) electrons. The van der Waals surface area contributed by atoms with E-state index in [1.165, 1.54) is 11.0 Å². The zero-order valence-corrected chi connectivity index (χ0v) is 10.2. The number of hydrogen-bond acceptors (Lipinski definition) is 3. The van der Waals surface area contributed by atoms with Crippen LogP contribution < -0.4 is 5.32 Å². The summed E-state index contributed by atoms with van der Waals surface area (Å²) in [5.74, 6) is -0.455. The molecule has 98 valence electrons. The Kier molecular flexibility index (Phi) is 2.83. The van der Waals surface area contributed by atoms with Gasteiger partial charge in [-0.2, -0.15) is 0 Å². The number of aliphatic hydroxyl groups excluding tert-OH is 1. The molecule has 3 rings (SSSR count). The quantitative estimate of drug-likeness (QED) is 0.773. The largest absolute Gasteiger partial charge is 0.387 e. The Morgan fingerprint density at radius 2 is 2.00 bits per heavy atom. The summed E-state index contributed by atoms with van der Waals surface area (Å²) >= 11 is 0. The molecule has 1 aromatic rings. The zero-order chi connectivity index (χ0) is 13.4. The molecule has 2 heterocycles. The lowest BCUT2D eigenvalue weighted by molar-refractivity contribution is -0.139. The lowest BCUT2D eigenvalue weighted by Gasteiger charge is -2.31. The topological polar surface area (TPSA) is 69.6 Å². The summed E-state index contributed by atoms with van der Waals surface area (Å²) in [5, 5.41) is 12.2. The normalized spacial score (nSPS) is 25.9. The van der Waals surface area contributed by atoms with E-state index in [1.54, 1.807) is 0 Å². The molecule has 5 nitrogen and oxygen atoms in total. The van der Waals surface area contributed by atoms with Crippen LogP contribution in [0.25, 0.3) is 0 Å². The first-order chi connectivity index (χ1) is 9.15. The van der Waals surface area contributed by atoms with Gasteiger partial charge in [0.2, 0.25) is 5.91 Å². The highest BCUT2D eigenvalue weighted by molar-refractivity contribution is 6.05. The zero-order valence-electron chi connectivity index (χ0n) is 10.2. The van der Waals surface area contributed by atoms with Crippen LogP contribution >= 0.6 is 0 Å². The molecule has 0 saturated carbocycles. The number of aliphatic hydroxyl groups is 1. The average Bonchev–Trinajstić information content (AvgIpc) is 2.80. The Hall–Kier alpha value is -2.14. The average molecular weight is 258 g/mol. The van der Waals surface area contributed by atoms with Gasteiger partial charge in [0.05, 0.1) is 12.6 Å². The van der Waals surface area contributed by atoms with Crippen LogP contribution in [-0.2, 0) is 16.0 Å². The number of nitrogens with one attached hydrogen (secondary N) is 1. The second-order valence-electron chi connectivity index (χ2n) is 4.78. The van der Waals surface area contributed by atoms with Crippen LogP contribution in [0.3, 0.4) is 0 Å². The maximum absolute atomic E-state index is 12.3. The number of carbonyl (C=O) groups excluding carboxylic acids is 2. The Labute approximate surface area is 110 Å². The molecule has 0 spiro atoms. The number of carbonyl (C=O) groups is 2. The lowest BCUT2D eigenvalue weighted by atomic mass is 10.0. The third kappa shape index (κ3) is 2.13. The van der Waals surface area contributed by atoms with Crippen LogP contribution in [0, 0.1) is 0 Å². The second kappa shape index (κ2) is 4.51. The molecule has 0 bridgehead atoms. The minimum Gasteiger partial charge on any atom is -0.387 e. The minimum absolute atomic E-state index is 0.161. The van der Waals surface area contributed by atoms with Crippen LogP contribution in [0.15, 0.2) is 42.1 Å². The fraction of sp³-hybridized carbons (Fsp3) is 0.286. The van der Waals surface area contributed by atoms with Crippen LogP contribution in [0.2, 0.25) is 0 Å². The summed E-state index contributed by atoms with van der Waals surface area (Å²) in [6.45, 7) is 0.173. The molecule has 0 unspecified atom stereocenters. The van der Waals surface area contributed by atoms with Gasteiger partial charge < -0.3 is 15.3 Å². The van der Waals surface area contributed by atoms with Crippen LogP contribution in [0.4, 0.5) is 0 Å². The van der Waals surface area contributed by atoms with Gasteiger partial charge in [0.15, 0.2) is 0 Å². The number of hydrogen-bond donors (Lipinski definition) is 2. The maximum Gasteiger partial charge on any atom is 0.268 e. The van der Waals surface area contributed by atoms with Crippen molar-refractivity contribution in [3.63, 3.8) is 0 Å². The van der Waals surface area contributed by atoms with Crippen molar-refractivity contribution in [2.24, 2.45) is 0 Å². The van der Waals surface area contributed by atoms with Crippen molar-refractivity contribution in [3.8, 4) is 0 Å². The highest BCUT2D eigenvalue weighted by Gasteiger charge is 2.40. The monoisotopic (exact) mass is 258 g/mol. The van der Waals surface area contributed by atoms with E-state index in [4.69, 9.17) is 0 Å². The smallest absolute Gasteiger partial charge is 0.268 e. The van der Waals surface area contributed by atoms with E-state index in [1.807, 2.05) is 30.3 Å². The Morgan fingerprint density at radius 3 is 2.74 bits per heavy atom. The van der Waals surface area contributed by atoms with Crippen molar-refractivity contribution < 1.29 is 14.7 Å². The molecule has 0 aromatic heterocycles. The van der Waals surface area contributed by atoms with Gasteiger partial charge in [-0.1, -0.05) is 30.3 Å². The SMILES string of the molecule is O=C1N[C@@H](Cc2ccccc2)C(=O)N2C[C@H](O)C=C12. The van der Waals surface area contributed by atoms with Crippen LogP contribution in [-0.4, -0.2) is 40.5 Å².